The van der Waals surface area contributed by atoms with Crippen molar-refractivity contribution < 1.29 is 14.3 Å². The Morgan fingerprint density at radius 2 is 1.80 bits per heavy atom. The third-order valence-electron chi connectivity index (χ3n) is 7.06. The highest BCUT2D eigenvalue weighted by molar-refractivity contribution is 5.78. The minimum Gasteiger partial charge on any atom is -0.381 e. The number of benzene rings is 1. The molecule has 0 aliphatic carbocycles. The third kappa shape index (κ3) is 5.34. The number of anilines is 1. The maximum Gasteiger partial charge on any atom is 0.223 e. The number of rotatable bonds is 6. The smallest absolute Gasteiger partial charge is 0.223 e. The first-order valence-electron chi connectivity index (χ1n) is 11.5. The molecule has 3 aliphatic rings. The number of ether oxygens (including phenoxy) is 2. The Kier molecular flexibility index (Phi) is 6.96. The molecule has 3 saturated heterocycles. The number of amides is 1. The van der Waals surface area contributed by atoms with Crippen LogP contribution in [0.25, 0.3) is 0 Å². The molecule has 4 rings (SSSR count). The van der Waals surface area contributed by atoms with Crippen molar-refractivity contribution >= 4 is 11.6 Å². The summed E-state index contributed by atoms with van der Waals surface area (Å²) in [6, 6.07) is 8.87. The molecule has 166 valence electrons. The molecule has 1 atom stereocenters. The van der Waals surface area contributed by atoms with E-state index in [4.69, 9.17) is 9.47 Å². The van der Waals surface area contributed by atoms with Gasteiger partial charge in [-0.15, -0.1) is 0 Å². The molecule has 1 aromatic carbocycles. The molecule has 30 heavy (non-hydrogen) atoms. The van der Waals surface area contributed by atoms with E-state index in [1.54, 1.807) is 0 Å². The lowest BCUT2D eigenvalue weighted by atomic mass is 9.88. The summed E-state index contributed by atoms with van der Waals surface area (Å²) in [6.07, 6.45) is 6.21. The zero-order valence-corrected chi connectivity index (χ0v) is 18.6. The molecule has 0 bridgehead atoms. The number of likely N-dealkylation sites (tertiary alicyclic amines) is 1. The van der Waals surface area contributed by atoms with Crippen LogP contribution in [0.15, 0.2) is 24.3 Å². The van der Waals surface area contributed by atoms with Crippen molar-refractivity contribution in [3.05, 3.63) is 29.8 Å². The first-order valence-corrected chi connectivity index (χ1v) is 11.5. The SMILES string of the molecule is CN(C)c1ccc(CN2CCC3(CCC(CNC(=O)C4CCOCC4)O3)CC2)cc1. The lowest BCUT2D eigenvalue weighted by Gasteiger charge is -2.39. The fraction of sp³-hybridized carbons (Fsp3) is 0.708. The molecule has 6 nitrogen and oxygen atoms in total. The first kappa shape index (κ1) is 21.6. The Morgan fingerprint density at radius 1 is 1.10 bits per heavy atom. The number of hydrogen-bond acceptors (Lipinski definition) is 5. The van der Waals surface area contributed by atoms with Crippen LogP contribution in [0, 0.1) is 5.92 Å². The van der Waals surface area contributed by atoms with Crippen LogP contribution >= 0.6 is 0 Å². The van der Waals surface area contributed by atoms with Crippen molar-refractivity contribution in [2.45, 2.75) is 56.8 Å². The van der Waals surface area contributed by atoms with Gasteiger partial charge in [-0.3, -0.25) is 9.69 Å². The predicted octanol–water partition coefficient (Wildman–Crippen LogP) is 2.81. The van der Waals surface area contributed by atoms with Gasteiger partial charge in [0.1, 0.15) is 0 Å². The minimum atomic E-state index is 0.0271. The molecule has 0 aromatic heterocycles. The van der Waals surface area contributed by atoms with E-state index in [9.17, 15) is 4.79 Å². The molecule has 3 heterocycles. The second-order valence-electron chi connectivity index (χ2n) is 9.43. The Hall–Kier alpha value is -1.63. The van der Waals surface area contributed by atoms with Crippen molar-refractivity contribution in [3.63, 3.8) is 0 Å². The van der Waals surface area contributed by atoms with Crippen LogP contribution < -0.4 is 10.2 Å². The molecule has 3 fully saturated rings. The van der Waals surface area contributed by atoms with Gasteiger partial charge in [-0.2, -0.15) is 0 Å². The second-order valence-corrected chi connectivity index (χ2v) is 9.43. The fourth-order valence-corrected chi connectivity index (χ4v) is 5.00. The monoisotopic (exact) mass is 415 g/mol. The van der Waals surface area contributed by atoms with Crippen LogP contribution in [0.5, 0.6) is 0 Å². The molecule has 1 amide bonds. The van der Waals surface area contributed by atoms with E-state index in [0.29, 0.717) is 19.8 Å². The molecular weight excluding hydrogens is 378 g/mol. The van der Waals surface area contributed by atoms with E-state index < -0.39 is 0 Å². The van der Waals surface area contributed by atoms with Gasteiger partial charge in [-0.05, 0) is 56.2 Å². The molecule has 0 radical (unpaired) electrons. The highest BCUT2D eigenvalue weighted by Gasteiger charge is 2.42. The molecule has 6 heteroatoms. The molecule has 1 N–H and O–H groups in total. The van der Waals surface area contributed by atoms with Crippen LogP contribution in [0.4, 0.5) is 5.69 Å². The zero-order valence-electron chi connectivity index (χ0n) is 18.6. The Labute approximate surface area is 180 Å². The molecule has 1 spiro atoms. The number of nitrogens with zero attached hydrogens (tertiary/aromatic N) is 2. The van der Waals surface area contributed by atoms with Gasteiger partial charge in [0.25, 0.3) is 0 Å². The van der Waals surface area contributed by atoms with Gasteiger partial charge in [-0.1, -0.05) is 12.1 Å². The average Bonchev–Trinajstić information content (AvgIpc) is 3.17. The van der Waals surface area contributed by atoms with Crippen molar-refractivity contribution in [2.24, 2.45) is 5.92 Å². The average molecular weight is 416 g/mol. The maximum absolute atomic E-state index is 12.4. The summed E-state index contributed by atoms with van der Waals surface area (Å²) in [5.74, 6) is 0.294. The van der Waals surface area contributed by atoms with Crippen molar-refractivity contribution in [3.8, 4) is 0 Å². The Morgan fingerprint density at radius 3 is 2.47 bits per heavy atom. The highest BCUT2D eigenvalue weighted by atomic mass is 16.5. The predicted molar refractivity (Wildman–Crippen MR) is 119 cm³/mol. The molecule has 1 aromatic rings. The summed E-state index contributed by atoms with van der Waals surface area (Å²) in [4.78, 5) is 17.0. The van der Waals surface area contributed by atoms with Gasteiger partial charge in [-0.25, -0.2) is 0 Å². The van der Waals surface area contributed by atoms with Gasteiger partial charge < -0.3 is 19.7 Å². The summed E-state index contributed by atoms with van der Waals surface area (Å²) in [6.45, 7) is 5.23. The van der Waals surface area contributed by atoms with Crippen molar-refractivity contribution in [1.29, 1.82) is 0 Å². The number of carbonyl (C=O) groups is 1. The van der Waals surface area contributed by atoms with Gasteiger partial charge >= 0.3 is 0 Å². The zero-order chi connectivity index (χ0) is 21.0. The van der Waals surface area contributed by atoms with Gasteiger partial charge in [0.05, 0.1) is 11.7 Å². The summed E-state index contributed by atoms with van der Waals surface area (Å²) < 4.78 is 11.8. The van der Waals surface area contributed by atoms with Crippen LogP contribution in [-0.2, 0) is 20.8 Å². The summed E-state index contributed by atoms with van der Waals surface area (Å²) in [5, 5.41) is 3.14. The summed E-state index contributed by atoms with van der Waals surface area (Å²) in [5.41, 5.74) is 2.64. The number of hydrogen-bond donors (Lipinski definition) is 1. The molecule has 0 saturated carbocycles. The lowest BCUT2D eigenvalue weighted by molar-refractivity contribution is -0.129. The van der Waals surface area contributed by atoms with Crippen LogP contribution in [0.3, 0.4) is 0 Å². The van der Waals surface area contributed by atoms with Gasteiger partial charge in [0, 0.05) is 65.1 Å². The lowest BCUT2D eigenvalue weighted by Crippen LogP contribution is -2.45. The summed E-state index contributed by atoms with van der Waals surface area (Å²) >= 11 is 0. The maximum atomic E-state index is 12.4. The van der Waals surface area contributed by atoms with Gasteiger partial charge in [0.15, 0.2) is 0 Å². The van der Waals surface area contributed by atoms with Crippen molar-refractivity contribution in [1.82, 2.24) is 10.2 Å². The van der Waals surface area contributed by atoms with Crippen molar-refractivity contribution in [2.75, 3.05) is 51.8 Å². The van der Waals surface area contributed by atoms with E-state index in [1.807, 2.05) is 0 Å². The fourth-order valence-electron chi connectivity index (χ4n) is 5.00. The standard InChI is InChI=1S/C24H37N3O3/c1-26(2)21-5-3-19(4-6-21)18-27-13-11-24(12-14-27)10-7-22(30-24)17-25-23(28)20-8-15-29-16-9-20/h3-6,20,22H,7-18H2,1-2H3,(H,25,28). The Bertz CT molecular complexity index is 692. The molecule has 1 unspecified atom stereocenters. The second kappa shape index (κ2) is 9.67. The number of carbonyl (C=O) groups excluding carboxylic acids is 1. The van der Waals surface area contributed by atoms with E-state index >= 15 is 0 Å². The van der Waals surface area contributed by atoms with Crippen LogP contribution in [-0.4, -0.2) is 69.5 Å². The largest absolute Gasteiger partial charge is 0.381 e. The highest BCUT2D eigenvalue weighted by Crippen LogP contribution is 2.39. The molecule has 3 aliphatic heterocycles. The third-order valence-corrected chi connectivity index (χ3v) is 7.06. The number of nitrogens with one attached hydrogen (secondary N) is 1. The van der Waals surface area contributed by atoms with E-state index in [0.717, 1.165) is 58.2 Å². The minimum absolute atomic E-state index is 0.0271. The van der Waals surface area contributed by atoms with Crippen LogP contribution in [0.1, 0.15) is 44.1 Å². The molecular formula is C24H37N3O3. The van der Waals surface area contributed by atoms with Gasteiger partial charge in [0.2, 0.25) is 5.91 Å². The summed E-state index contributed by atoms with van der Waals surface area (Å²) in [7, 11) is 4.15. The first-order chi connectivity index (χ1) is 14.5. The normalized spacial score (nSPS) is 24.8. The van der Waals surface area contributed by atoms with Crippen LogP contribution in [0.2, 0.25) is 0 Å². The topological polar surface area (TPSA) is 54.0 Å². The van der Waals surface area contributed by atoms with E-state index in [-0.39, 0.29) is 23.5 Å². The van der Waals surface area contributed by atoms with E-state index in [1.165, 1.54) is 11.3 Å². The quantitative estimate of drug-likeness (QED) is 0.774. The Balaban J connectivity index is 1.19. The van der Waals surface area contributed by atoms with E-state index in [2.05, 4.69) is 53.5 Å². The number of piperidine rings is 1.